The monoisotopic (exact) mass is 427 g/mol. The highest BCUT2D eigenvalue weighted by Crippen LogP contribution is 2.32. The topological polar surface area (TPSA) is 81.4 Å². The highest BCUT2D eigenvalue weighted by molar-refractivity contribution is 7.13. The lowest BCUT2D eigenvalue weighted by Gasteiger charge is -2.10. The first-order valence-corrected chi connectivity index (χ1v) is 11.0. The summed E-state index contributed by atoms with van der Waals surface area (Å²) < 4.78 is 2.16. The normalized spacial score (nSPS) is 11.1. The number of rotatable bonds is 7. The van der Waals surface area contributed by atoms with E-state index < -0.39 is 0 Å². The van der Waals surface area contributed by atoms with Crippen LogP contribution >= 0.6 is 11.3 Å². The smallest absolute Gasteiger partial charge is 0.223 e. The molecule has 0 spiro atoms. The van der Waals surface area contributed by atoms with E-state index in [0.717, 1.165) is 58.1 Å². The lowest BCUT2D eigenvalue weighted by atomic mass is 10.1. The third kappa shape index (κ3) is 4.02. The number of fused-ring (bicyclic) bond motifs is 1. The Morgan fingerprint density at radius 1 is 1.00 bits per heavy atom. The van der Waals surface area contributed by atoms with Gasteiger partial charge in [0.05, 0.1) is 33.5 Å². The molecule has 5 aromatic rings. The lowest BCUT2D eigenvalue weighted by molar-refractivity contribution is 0.751. The number of imidazole rings is 1. The molecule has 0 unspecified atom stereocenters. The predicted octanol–water partition coefficient (Wildman–Crippen LogP) is 4.59. The Kier molecular flexibility index (Phi) is 5.37. The van der Waals surface area contributed by atoms with Gasteiger partial charge >= 0.3 is 0 Å². The minimum absolute atomic E-state index is 0.612. The van der Waals surface area contributed by atoms with E-state index in [-0.39, 0.29) is 0 Å². The van der Waals surface area contributed by atoms with Crippen molar-refractivity contribution in [1.82, 2.24) is 29.5 Å². The van der Waals surface area contributed by atoms with Gasteiger partial charge in [-0.2, -0.15) is 0 Å². The molecule has 0 aliphatic carbocycles. The molecule has 0 atom stereocenters. The second-order valence-electron chi connectivity index (χ2n) is 7.13. The second kappa shape index (κ2) is 8.61. The number of para-hydroxylation sites is 2. The van der Waals surface area contributed by atoms with Gasteiger partial charge in [-0.25, -0.2) is 15.0 Å². The molecule has 0 bridgehead atoms. The van der Waals surface area contributed by atoms with Crippen LogP contribution < -0.4 is 5.32 Å². The summed E-state index contributed by atoms with van der Waals surface area (Å²) in [4.78, 5) is 23.7. The van der Waals surface area contributed by atoms with Crippen molar-refractivity contribution in [1.29, 1.82) is 0 Å². The fraction of sp³-hybridized carbons (Fsp3) is 0.174. The average Bonchev–Trinajstić information content (AvgIpc) is 3.46. The largest absolute Gasteiger partial charge is 0.354 e. The van der Waals surface area contributed by atoms with Crippen LogP contribution in [-0.4, -0.2) is 36.0 Å². The molecule has 0 fully saturated rings. The van der Waals surface area contributed by atoms with Gasteiger partial charge in [-0.05, 0) is 30.0 Å². The molecular weight excluding hydrogens is 406 g/mol. The van der Waals surface area contributed by atoms with Crippen molar-refractivity contribution in [3.8, 4) is 21.8 Å². The van der Waals surface area contributed by atoms with Crippen LogP contribution in [0.25, 0.3) is 32.9 Å². The highest BCUT2D eigenvalue weighted by Gasteiger charge is 2.14. The van der Waals surface area contributed by atoms with E-state index in [1.165, 1.54) is 0 Å². The zero-order valence-corrected chi connectivity index (χ0v) is 17.9. The molecule has 0 amide bonds. The van der Waals surface area contributed by atoms with Gasteiger partial charge in [-0.15, -0.1) is 11.3 Å². The third-order valence-electron chi connectivity index (χ3n) is 5.12. The second-order valence-corrected chi connectivity index (χ2v) is 8.08. The fourth-order valence-electron chi connectivity index (χ4n) is 3.56. The molecule has 0 aliphatic rings. The van der Waals surface area contributed by atoms with E-state index in [1.54, 1.807) is 29.9 Å². The van der Waals surface area contributed by atoms with Gasteiger partial charge in [0.1, 0.15) is 5.82 Å². The van der Waals surface area contributed by atoms with E-state index in [4.69, 9.17) is 9.97 Å². The number of thiophene rings is 1. The Balaban J connectivity index is 1.30. The van der Waals surface area contributed by atoms with E-state index in [0.29, 0.717) is 5.95 Å². The Morgan fingerprint density at radius 2 is 1.94 bits per heavy atom. The van der Waals surface area contributed by atoms with Crippen LogP contribution in [0.4, 0.5) is 5.95 Å². The summed E-state index contributed by atoms with van der Waals surface area (Å²) in [5.41, 5.74) is 4.70. The maximum Gasteiger partial charge on any atom is 0.223 e. The van der Waals surface area contributed by atoms with Crippen LogP contribution in [0.2, 0.25) is 0 Å². The fourth-order valence-corrected chi connectivity index (χ4v) is 4.29. The van der Waals surface area contributed by atoms with Crippen molar-refractivity contribution < 1.29 is 0 Å². The van der Waals surface area contributed by atoms with Crippen LogP contribution in [0.5, 0.6) is 0 Å². The summed E-state index contributed by atoms with van der Waals surface area (Å²) in [5, 5.41) is 5.40. The molecule has 31 heavy (non-hydrogen) atoms. The Bertz CT molecular complexity index is 1300. The molecule has 7 nitrogen and oxygen atoms in total. The molecule has 4 heterocycles. The van der Waals surface area contributed by atoms with Gasteiger partial charge in [-0.1, -0.05) is 18.2 Å². The number of hydrogen-bond donors (Lipinski definition) is 1. The molecule has 4 aromatic heterocycles. The first-order chi connectivity index (χ1) is 15.3. The van der Waals surface area contributed by atoms with Crippen LogP contribution in [-0.2, 0) is 13.5 Å². The summed E-state index contributed by atoms with van der Waals surface area (Å²) in [6.07, 6.45) is 8.71. The summed E-state index contributed by atoms with van der Waals surface area (Å²) in [6, 6.07) is 12.3. The van der Waals surface area contributed by atoms with Crippen LogP contribution in [0.3, 0.4) is 0 Å². The Morgan fingerprint density at radius 3 is 2.74 bits per heavy atom. The number of hydrogen-bond acceptors (Lipinski definition) is 7. The Labute approximate surface area is 183 Å². The van der Waals surface area contributed by atoms with Gasteiger partial charge in [0.2, 0.25) is 5.95 Å². The molecule has 1 aromatic carbocycles. The Hall–Kier alpha value is -3.65. The predicted molar refractivity (Wildman–Crippen MR) is 124 cm³/mol. The van der Waals surface area contributed by atoms with Crippen molar-refractivity contribution >= 4 is 28.3 Å². The molecule has 0 saturated heterocycles. The van der Waals surface area contributed by atoms with E-state index in [2.05, 4.69) is 50.1 Å². The first-order valence-electron chi connectivity index (χ1n) is 10.1. The maximum absolute atomic E-state index is 4.79. The first kappa shape index (κ1) is 19.3. The minimum Gasteiger partial charge on any atom is -0.354 e. The summed E-state index contributed by atoms with van der Waals surface area (Å²) in [7, 11) is 2.07. The van der Waals surface area contributed by atoms with Crippen molar-refractivity contribution in [3.63, 3.8) is 0 Å². The number of aromatic nitrogens is 6. The maximum atomic E-state index is 4.79. The van der Waals surface area contributed by atoms with Crippen molar-refractivity contribution in [2.45, 2.75) is 12.8 Å². The average molecular weight is 428 g/mol. The molecule has 5 rings (SSSR count). The molecule has 0 radical (unpaired) electrons. The molecule has 0 aliphatic heterocycles. The van der Waals surface area contributed by atoms with Crippen molar-refractivity contribution in [3.05, 3.63) is 72.4 Å². The molecule has 8 heteroatoms. The standard InChI is InChI=1S/C23H21N7S/c1-30-19-7-3-2-6-17(19)28-21(30)9-4-10-26-23-27-14-16(18-15-24-11-12-25-18)22(29-23)20-8-5-13-31-20/h2-3,5-8,11-15H,4,9-10H2,1H3,(H,26,27,29). The number of nitrogens with zero attached hydrogens (tertiary/aromatic N) is 6. The SMILES string of the molecule is Cn1c(CCCNc2ncc(-c3cnccn3)c(-c3cccs3)n2)nc2ccccc21. The van der Waals surface area contributed by atoms with Crippen LogP contribution in [0, 0.1) is 0 Å². The number of anilines is 1. The lowest BCUT2D eigenvalue weighted by Crippen LogP contribution is -2.09. The zero-order valence-electron chi connectivity index (χ0n) is 17.1. The molecular formula is C23H21N7S. The van der Waals surface area contributed by atoms with Gasteiger partial charge in [0, 0.05) is 44.2 Å². The summed E-state index contributed by atoms with van der Waals surface area (Å²) in [6.45, 7) is 0.761. The van der Waals surface area contributed by atoms with Crippen LogP contribution in [0.1, 0.15) is 12.2 Å². The molecule has 1 N–H and O–H groups in total. The molecule has 154 valence electrons. The molecule has 0 saturated carbocycles. The van der Waals surface area contributed by atoms with Gasteiger partial charge < -0.3 is 9.88 Å². The van der Waals surface area contributed by atoms with Crippen LogP contribution in [0.15, 0.2) is 66.6 Å². The summed E-state index contributed by atoms with van der Waals surface area (Å²) in [5.74, 6) is 1.70. The number of aryl methyl sites for hydroxylation is 2. The highest BCUT2D eigenvalue weighted by atomic mass is 32.1. The quantitative estimate of drug-likeness (QED) is 0.383. The summed E-state index contributed by atoms with van der Waals surface area (Å²) >= 11 is 1.65. The van der Waals surface area contributed by atoms with E-state index in [1.807, 2.05) is 29.8 Å². The van der Waals surface area contributed by atoms with Crippen molar-refractivity contribution in [2.24, 2.45) is 7.05 Å². The van der Waals surface area contributed by atoms with E-state index in [9.17, 15) is 0 Å². The number of nitrogens with one attached hydrogen (secondary N) is 1. The zero-order chi connectivity index (χ0) is 21.0. The number of benzene rings is 1. The van der Waals surface area contributed by atoms with Gasteiger partial charge in [0.25, 0.3) is 0 Å². The minimum atomic E-state index is 0.612. The van der Waals surface area contributed by atoms with Gasteiger partial charge in [0.15, 0.2) is 0 Å². The van der Waals surface area contributed by atoms with E-state index >= 15 is 0 Å². The van der Waals surface area contributed by atoms with Crippen molar-refractivity contribution in [2.75, 3.05) is 11.9 Å². The van der Waals surface area contributed by atoms with Gasteiger partial charge in [-0.3, -0.25) is 9.97 Å². The third-order valence-corrected chi connectivity index (χ3v) is 6.00.